The van der Waals surface area contributed by atoms with E-state index < -0.39 is 0 Å². The van der Waals surface area contributed by atoms with Crippen molar-refractivity contribution in [3.8, 4) is 0 Å². The van der Waals surface area contributed by atoms with Crippen LogP contribution in [0.3, 0.4) is 0 Å². The summed E-state index contributed by atoms with van der Waals surface area (Å²) in [5, 5.41) is 10.2. The lowest BCUT2D eigenvalue weighted by Crippen LogP contribution is -2.17. The number of hydrogen-bond acceptors (Lipinski definition) is 3. The molecule has 1 aliphatic heterocycles. The largest absolute Gasteiger partial charge is 0.373 e. The Morgan fingerprint density at radius 1 is 1.50 bits per heavy atom. The van der Waals surface area contributed by atoms with Gasteiger partial charge in [-0.1, -0.05) is 0 Å². The van der Waals surface area contributed by atoms with Gasteiger partial charge in [-0.25, -0.2) is 0 Å². The summed E-state index contributed by atoms with van der Waals surface area (Å²) in [5.41, 5.74) is 0. The van der Waals surface area contributed by atoms with Crippen LogP contribution in [0.15, 0.2) is 6.07 Å². The molecule has 1 fully saturated rings. The van der Waals surface area contributed by atoms with Gasteiger partial charge in [0, 0.05) is 26.2 Å². The van der Waals surface area contributed by atoms with Crippen molar-refractivity contribution >= 4 is 11.6 Å². The third-order valence-electron chi connectivity index (χ3n) is 2.26. The maximum Gasteiger partial charge on any atom is 0.152 e. The number of aromatic amines is 1. The number of H-pyrrole nitrogens is 1. The zero-order valence-corrected chi connectivity index (χ0v) is 7.30. The zero-order chi connectivity index (χ0) is 8.39. The topological polar surface area (TPSA) is 44.0 Å². The van der Waals surface area contributed by atoms with E-state index in [1.54, 1.807) is 0 Å². The Hall–Kier alpha value is -1.19. The number of nitrogens with one attached hydrogen (secondary N) is 2. The first kappa shape index (κ1) is 7.46. The molecule has 0 saturated carbocycles. The zero-order valence-electron chi connectivity index (χ0n) is 7.30. The Morgan fingerprint density at radius 2 is 2.25 bits per heavy atom. The van der Waals surface area contributed by atoms with Crippen molar-refractivity contribution < 1.29 is 0 Å². The molecular weight excluding hydrogens is 152 g/mol. The van der Waals surface area contributed by atoms with Crippen LogP contribution in [0, 0.1) is 0 Å². The molecule has 2 N–H and O–H groups in total. The second-order valence-electron chi connectivity index (χ2n) is 3.08. The molecule has 2 rings (SSSR count). The SMILES string of the molecule is CNc1cc(N2CCCC2)n[nH]1. The molecule has 0 bridgehead atoms. The smallest absolute Gasteiger partial charge is 0.152 e. The van der Waals surface area contributed by atoms with Crippen molar-refractivity contribution in [2.75, 3.05) is 30.4 Å². The number of rotatable bonds is 2. The van der Waals surface area contributed by atoms with Crippen LogP contribution < -0.4 is 10.2 Å². The van der Waals surface area contributed by atoms with Crippen molar-refractivity contribution in [2.24, 2.45) is 0 Å². The molecule has 0 amide bonds. The summed E-state index contributed by atoms with van der Waals surface area (Å²) in [6, 6.07) is 2.05. The molecule has 1 aliphatic rings. The van der Waals surface area contributed by atoms with Gasteiger partial charge in [-0.15, -0.1) is 0 Å². The highest BCUT2D eigenvalue weighted by molar-refractivity contribution is 5.49. The van der Waals surface area contributed by atoms with E-state index in [-0.39, 0.29) is 0 Å². The summed E-state index contributed by atoms with van der Waals surface area (Å²) in [4.78, 5) is 2.30. The van der Waals surface area contributed by atoms with Crippen molar-refractivity contribution in [3.05, 3.63) is 6.07 Å². The first-order valence-electron chi connectivity index (χ1n) is 4.38. The summed E-state index contributed by atoms with van der Waals surface area (Å²) < 4.78 is 0. The van der Waals surface area contributed by atoms with E-state index in [0.717, 1.165) is 24.7 Å². The van der Waals surface area contributed by atoms with Gasteiger partial charge in [-0.2, -0.15) is 5.10 Å². The van der Waals surface area contributed by atoms with Crippen LogP contribution in [0.5, 0.6) is 0 Å². The van der Waals surface area contributed by atoms with Crippen LogP contribution in [0.1, 0.15) is 12.8 Å². The molecular formula is C8H14N4. The predicted octanol–water partition coefficient (Wildman–Crippen LogP) is 1.05. The van der Waals surface area contributed by atoms with Crippen molar-refractivity contribution in [3.63, 3.8) is 0 Å². The molecule has 1 saturated heterocycles. The third-order valence-corrected chi connectivity index (χ3v) is 2.26. The van der Waals surface area contributed by atoms with E-state index in [1.807, 2.05) is 13.1 Å². The van der Waals surface area contributed by atoms with Crippen molar-refractivity contribution in [2.45, 2.75) is 12.8 Å². The second kappa shape index (κ2) is 3.05. The number of nitrogens with zero attached hydrogens (tertiary/aromatic N) is 2. The van der Waals surface area contributed by atoms with Crippen LogP contribution in [-0.2, 0) is 0 Å². The first-order chi connectivity index (χ1) is 5.90. The van der Waals surface area contributed by atoms with Gasteiger partial charge in [0.05, 0.1) is 0 Å². The average Bonchev–Trinajstić information content (AvgIpc) is 2.75. The van der Waals surface area contributed by atoms with Gasteiger partial charge < -0.3 is 10.2 Å². The molecule has 0 aliphatic carbocycles. The van der Waals surface area contributed by atoms with Crippen molar-refractivity contribution in [1.29, 1.82) is 0 Å². The quantitative estimate of drug-likeness (QED) is 0.690. The first-order valence-corrected chi connectivity index (χ1v) is 4.38. The Morgan fingerprint density at radius 3 is 2.83 bits per heavy atom. The Bertz CT molecular complexity index is 249. The van der Waals surface area contributed by atoms with Gasteiger partial charge in [0.2, 0.25) is 0 Å². The fraction of sp³-hybridized carbons (Fsp3) is 0.625. The van der Waals surface area contributed by atoms with Crippen molar-refractivity contribution in [1.82, 2.24) is 10.2 Å². The summed E-state index contributed by atoms with van der Waals surface area (Å²) in [6.45, 7) is 2.29. The molecule has 0 atom stereocenters. The van der Waals surface area contributed by atoms with Gasteiger partial charge in [-0.3, -0.25) is 5.10 Å². The Labute approximate surface area is 72.0 Å². The van der Waals surface area contributed by atoms with E-state index in [1.165, 1.54) is 12.8 Å². The van der Waals surface area contributed by atoms with Gasteiger partial charge in [-0.05, 0) is 12.8 Å². The molecule has 0 aromatic carbocycles. The summed E-state index contributed by atoms with van der Waals surface area (Å²) in [6.07, 6.45) is 2.59. The van der Waals surface area contributed by atoms with Crippen LogP contribution >= 0.6 is 0 Å². The van der Waals surface area contributed by atoms with E-state index >= 15 is 0 Å². The fourth-order valence-electron chi connectivity index (χ4n) is 1.55. The number of aromatic nitrogens is 2. The lowest BCUT2D eigenvalue weighted by molar-refractivity contribution is 0.921. The molecule has 1 aromatic heterocycles. The minimum atomic E-state index is 0.983. The van der Waals surface area contributed by atoms with Crippen LogP contribution in [-0.4, -0.2) is 30.3 Å². The lowest BCUT2D eigenvalue weighted by Gasteiger charge is -2.12. The Kier molecular flexibility index (Phi) is 1.89. The van der Waals surface area contributed by atoms with Gasteiger partial charge in [0.25, 0.3) is 0 Å². The minimum absolute atomic E-state index is 0.983. The molecule has 66 valence electrons. The fourth-order valence-corrected chi connectivity index (χ4v) is 1.55. The summed E-state index contributed by atoms with van der Waals surface area (Å²) in [5.74, 6) is 2.05. The van der Waals surface area contributed by atoms with E-state index in [2.05, 4.69) is 20.4 Å². The molecule has 0 unspecified atom stereocenters. The molecule has 4 heteroatoms. The molecule has 2 heterocycles. The number of anilines is 2. The van der Waals surface area contributed by atoms with Gasteiger partial charge >= 0.3 is 0 Å². The highest BCUT2D eigenvalue weighted by Crippen LogP contribution is 2.19. The minimum Gasteiger partial charge on any atom is -0.373 e. The predicted molar refractivity (Wildman–Crippen MR) is 49.6 cm³/mol. The maximum atomic E-state index is 4.21. The van der Waals surface area contributed by atoms with Gasteiger partial charge in [0.1, 0.15) is 5.82 Å². The molecule has 1 aromatic rings. The second-order valence-corrected chi connectivity index (χ2v) is 3.08. The molecule has 0 radical (unpaired) electrons. The molecule has 12 heavy (non-hydrogen) atoms. The van der Waals surface area contributed by atoms with E-state index in [9.17, 15) is 0 Å². The van der Waals surface area contributed by atoms with E-state index in [0.29, 0.717) is 0 Å². The van der Waals surface area contributed by atoms with Crippen LogP contribution in [0.2, 0.25) is 0 Å². The highest BCUT2D eigenvalue weighted by Gasteiger charge is 2.14. The lowest BCUT2D eigenvalue weighted by atomic mass is 10.4. The average molecular weight is 166 g/mol. The maximum absolute atomic E-state index is 4.21. The van der Waals surface area contributed by atoms with Gasteiger partial charge in [0.15, 0.2) is 5.82 Å². The van der Waals surface area contributed by atoms with Crippen LogP contribution in [0.4, 0.5) is 11.6 Å². The number of hydrogen-bond donors (Lipinski definition) is 2. The monoisotopic (exact) mass is 166 g/mol. The normalized spacial score (nSPS) is 16.9. The van der Waals surface area contributed by atoms with Crippen LogP contribution in [0.25, 0.3) is 0 Å². The Balaban J connectivity index is 2.11. The third kappa shape index (κ3) is 1.24. The summed E-state index contributed by atoms with van der Waals surface area (Å²) in [7, 11) is 1.89. The standard InChI is InChI=1S/C8H14N4/c1-9-7-6-8(11-10-7)12-4-2-3-5-12/h6H,2-5H2,1H3,(H2,9,10,11). The highest BCUT2D eigenvalue weighted by atomic mass is 15.3. The molecule has 4 nitrogen and oxygen atoms in total. The summed E-state index contributed by atoms with van der Waals surface area (Å²) >= 11 is 0. The molecule has 0 spiro atoms. The van der Waals surface area contributed by atoms with E-state index in [4.69, 9.17) is 0 Å².